The molecule has 0 bridgehead atoms. The maximum atomic E-state index is 11.8. The van der Waals surface area contributed by atoms with Crippen molar-refractivity contribution >= 4 is 85.8 Å². The summed E-state index contributed by atoms with van der Waals surface area (Å²) in [7, 11) is 6.92. The molecule has 7 N–H and O–H groups in total. The highest BCUT2D eigenvalue weighted by Crippen LogP contribution is 2.02. The fourth-order valence-corrected chi connectivity index (χ4v) is 4.80. The topological polar surface area (TPSA) is 215 Å². The molecule has 328 valence electrons. The van der Waals surface area contributed by atoms with Gasteiger partial charge in [0.05, 0.1) is 38.8 Å². The molecular formula is C35H76N9O7S4-. The largest absolute Gasteiger partial charge is 0.668 e. The number of hydrogen-bond acceptors (Lipinski definition) is 14. The van der Waals surface area contributed by atoms with E-state index in [9.17, 15) is 28.8 Å². The summed E-state index contributed by atoms with van der Waals surface area (Å²) in [5, 5.41) is 28.6. The molecule has 3 unspecified atom stereocenters. The zero-order chi connectivity index (χ0) is 42.8. The van der Waals surface area contributed by atoms with Gasteiger partial charge in [-0.1, -0.05) is 35.1 Å². The Bertz CT molecular complexity index is 1030. The first-order chi connectivity index (χ1) is 25.2. The summed E-state index contributed by atoms with van der Waals surface area (Å²) >= 11 is 16.3. The molecule has 3 atom stereocenters. The van der Waals surface area contributed by atoms with Crippen LogP contribution >= 0.6 is 50.5 Å². The van der Waals surface area contributed by atoms with Crippen molar-refractivity contribution in [2.24, 2.45) is 5.92 Å². The molecule has 0 saturated carbocycles. The van der Waals surface area contributed by atoms with E-state index in [1.54, 1.807) is 33.1 Å². The lowest BCUT2D eigenvalue weighted by Crippen LogP contribution is -2.54. The lowest BCUT2D eigenvalue weighted by molar-refractivity contribution is -0.132. The minimum Gasteiger partial charge on any atom is -0.668 e. The fourth-order valence-electron chi connectivity index (χ4n) is 3.57. The van der Waals surface area contributed by atoms with Gasteiger partial charge in [0.15, 0.2) is 5.78 Å². The number of aliphatic hydroxyl groups excluding tert-OH is 1. The number of hydrogen-bond donors (Lipinski definition) is 11. The summed E-state index contributed by atoms with van der Waals surface area (Å²) in [4.78, 5) is 72.5. The number of ketones is 1. The Morgan fingerprint density at radius 3 is 1.65 bits per heavy atom. The van der Waals surface area contributed by atoms with Gasteiger partial charge in [-0.05, 0) is 40.8 Å². The van der Waals surface area contributed by atoms with E-state index in [4.69, 9.17) is 5.11 Å². The van der Waals surface area contributed by atoms with E-state index < -0.39 is 24.6 Å². The van der Waals surface area contributed by atoms with Gasteiger partial charge in [-0.3, -0.25) is 33.7 Å². The second-order valence-corrected chi connectivity index (χ2v) is 14.7. The molecule has 0 aromatic carbocycles. The van der Waals surface area contributed by atoms with Gasteiger partial charge in [0.1, 0.15) is 6.04 Å². The van der Waals surface area contributed by atoms with Crippen LogP contribution in [0, 0.1) is 5.92 Å². The first-order valence-electron chi connectivity index (χ1n) is 17.8. The van der Waals surface area contributed by atoms with Gasteiger partial charge in [-0.25, -0.2) is 0 Å². The Balaban J connectivity index is -0.000000219. The third kappa shape index (κ3) is 40.2. The lowest BCUT2D eigenvalue weighted by atomic mass is 10.1. The molecule has 0 aliphatic rings. The van der Waals surface area contributed by atoms with Crippen molar-refractivity contribution in [1.29, 1.82) is 0 Å². The SMILES string of the molecule is C.CC(=O)C(CS)NC(=O)C(CO)NC(=O)CN(C)C.CC(C)N(CCS)CC(=O)NCCS.CC(C)NCC(=O)NCC(=O)NC(CS)C(C)C.C[N-]C. The van der Waals surface area contributed by atoms with Crippen molar-refractivity contribution in [1.82, 2.24) is 41.7 Å². The summed E-state index contributed by atoms with van der Waals surface area (Å²) in [6.45, 7) is 15.2. The van der Waals surface area contributed by atoms with Gasteiger partial charge >= 0.3 is 0 Å². The number of aliphatic hydroxyl groups is 1. The Morgan fingerprint density at radius 2 is 1.27 bits per heavy atom. The Morgan fingerprint density at radius 1 is 0.709 bits per heavy atom. The maximum Gasteiger partial charge on any atom is 0.245 e. The van der Waals surface area contributed by atoms with Gasteiger partial charge in [0.2, 0.25) is 29.5 Å². The molecule has 0 aromatic heterocycles. The molecule has 0 heterocycles. The summed E-state index contributed by atoms with van der Waals surface area (Å²) in [6, 6.07) is -1.14. The van der Waals surface area contributed by atoms with Crippen LogP contribution in [-0.4, -0.2) is 178 Å². The molecule has 16 nitrogen and oxygen atoms in total. The number of nitrogens with zero attached hydrogens (tertiary/aromatic N) is 3. The predicted octanol–water partition coefficient (Wildman–Crippen LogP) is 0.128. The van der Waals surface area contributed by atoms with Crippen LogP contribution in [0.25, 0.3) is 5.32 Å². The zero-order valence-corrected chi connectivity index (χ0v) is 37.8. The molecule has 0 fully saturated rings. The molecule has 0 aromatic rings. The van der Waals surface area contributed by atoms with E-state index in [0.29, 0.717) is 36.6 Å². The highest BCUT2D eigenvalue weighted by molar-refractivity contribution is 7.80. The molecular weight excluding hydrogens is 787 g/mol. The first kappa shape index (κ1) is 62.4. The van der Waals surface area contributed by atoms with E-state index in [1.165, 1.54) is 6.92 Å². The van der Waals surface area contributed by atoms with Gasteiger partial charge in [0.25, 0.3) is 0 Å². The van der Waals surface area contributed by atoms with E-state index in [2.05, 4.69) is 106 Å². The van der Waals surface area contributed by atoms with E-state index in [0.717, 1.165) is 12.3 Å². The third-order valence-electron chi connectivity index (χ3n) is 6.65. The fraction of sp³-hybridized carbons (Fsp3) is 0.829. The van der Waals surface area contributed by atoms with Gasteiger partial charge in [-0.15, -0.1) is 0 Å². The predicted molar refractivity (Wildman–Crippen MR) is 240 cm³/mol. The number of carbonyl (C=O) groups excluding carboxylic acids is 6. The zero-order valence-electron chi connectivity index (χ0n) is 34.3. The highest BCUT2D eigenvalue weighted by Gasteiger charge is 2.24. The Hall–Kier alpha value is -1.78. The van der Waals surface area contributed by atoms with E-state index in [1.807, 2.05) is 27.7 Å². The number of nitrogens with one attached hydrogen (secondary N) is 6. The number of amides is 5. The quantitative estimate of drug-likeness (QED) is 0.0625. The Kier molecular flexibility index (Phi) is 45.9. The van der Waals surface area contributed by atoms with Crippen LogP contribution in [0.5, 0.6) is 0 Å². The van der Waals surface area contributed by atoms with Gasteiger partial charge in [0, 0.05) is 54.2 Å². The van der Waals surface area contributed by atoms with Crippen molar-refractivity contribution in [3.8, 4) is 0 Å². The standard InChI is InChI=1S/C12H25N3O2S.C11H21N3O4S.C9H20N2OS2.C2H6N.CH4/c1-8(2)10(7-18)15-12(17)6-14-11(16)5-13-9(3)4;1-7(16)9(6-19)13-11(18)8(5-15)12-10(17)4-14(2)3;1-8(2)11(4-6-14)7-9(12)10-3-5-13;1-3-2;/h8-10,13,18H,5-7H2,1-4H3,(H,14,16)(H,15,17);8-9,15,19H,4-6H2,1-3H3,(H,12,17)(H,13,18);8,13-14H,3-7H2,1-2H3,(H,10,12);1-2H3;1H4/q;;;-1;. The molecule has 0 aliphatic carbocycles. The first-order valence-corrected chi connectivity index (χ1v) is 20.3. The highest BCUT2D eigenvalue weighted by atomic mass is 32.1. The molecule has 0 aliphatic heterocycles. The normalized spacial score (nSPS) is 12.0. The van der Waals surface area contributed by atoms with Crippen molar-refractivity contribution in [2.75, 3.05) is 97.1 Å². The lowest BCUT2D eigenvalue weighted by Gasteiger charge is -2.24. The summed E-state index contributed by atoms with van der Waals surface area (Å²) in [6.07, 6.45) is 0. The number of rotatable bonds is 23. The van der Waals surface area contributed by atoms with Crippen LogP contribution in [0.4, 0.5) is 0 Å². The van der Waals surface area contributed by atoms with Crippen LogP contribution in [-0.2, 0) is 28.8 Å². The number of thiol groups is 4. The maximum absolute atomic E-state index is 11.8. The molecule has 5 amide bonds. The van der Waals surface area contributed by atoms with Crippen LogP contribution in [0.15, 0.2) is 0 Å². The van der Waals surface area contributed by atoms with Crippen molar-refractivity contribution in [3.05, 3.63) is 5.32 Å². The molecule has 20 heteroatoms. The van der Waals surface area contributed by atoms with Crippen molar-refractivity contribution in [3.63, 3.8) is 0 Å². The summed E-state index contributed by atoms with van der Waals surface area (Å²) in [5.74, 6) is 1.01. The van der Waals surface area contributed by atoms with E-state index >= 15 is 0 Å². The van der Waals surface area contributed by atoms with E-state index in [-0.39, 0.29) is 74.3 Å². The Labute approximate surface area is 354 Å². The smallest absolute Gasteiger partial charge is 0.245 e. The minimum atomic E-state index is -1.07. The number of carbonyl (C=O) groups is 6. The molecule has 0 rings (SSSR count). The second kappa shape index (κ2) is 40.4. The van der Waals surface area contributed by atoms with Crippen LogP contribution in [0.2, 0.25) is 0 Å². The van der Waals surface area contributed by atoms with Crippen LogP contribution in [0.1, 0.15) is 55.9 Å². The van der Waals surface area contributed by atoms with Crippen molar-refractivity contribution < 1.29 is 33.9 Å². The second-order valence-electron chi connectivity index (χ2n) is 13.1. The number of Topliss-reactive ketones (excluding diaryl/α,β-unsaturated/α-hetero) is 1. The molecule has 0 radical (unpaired) electrons. The van der Waals surface area contributed by atoms with Crippen LogP contribution in [0.3, 0.4) is 0 Å². The molecule has 55 heavy (non-hydrogen) atoms. The summed E-state index contributed by atoms with van der Waals surface area (Å²) in [5.41, 5.74) is 0. The number of likely N-dealkylation sites (N-methyl/N-ethyl adjacent to an activating group) is 1. The van der Waals surface area contributed by atoms with Gasteiger partial charge < -0.3 is 47.2 Å². The summed E-state index contributed by atoms with van der Waals surface area (Å²) < 4.78 is 0. The molecule has 0 spiro atoms. The average Bonchev–Trinajstić information content (AvgIpc) is 3.08. The monoisotopic (exact) mass is 862 g/mol. The van der Waals surface area contributed by atoms with Crippen molar-refractivity contribution in [2.45, 2.75) is 86.1 Å². The van der Waals surface area contributed by atoms with Crippen LogP contribution < -0.4 is 31.9 Å². The molecule has 0 saturated heterocycles. The average molecular weight is 863 g/mol. The van der Waals surface area contributed by atoms with Gasteiger partial charge in [-0.2, -0.15) is 64.6 Å². The minimum absolute atomic E-state index is 0. The third-order valence-corrected chi connectivity index (χ3v) is 7.83.